The minimum atomic E-state index is -0.143. The Balaban J connectivity index is 2.80. The summed E-state index contributed by atoms with van der Waals surface area (Å²) in [6.45, 7) is 4.10. The van der Waals surface area contributed by atoms with Crippen molar-refractivity contribution in [3.05, 3.63) is 18.1 Å². The number of hydrazine groups is 1. The molecule has 1 atom stereocenters. The van der Waals surface area contributed by atoms with Gasteiger partial charge in [0, 0.05) is 13.1 Å². The Kier molecular flexibility index (Phi) is 4.84. The maximum absolute atomic E-state index is 12.1. The SMILES string of the molecule is CCCC(C)N(C)C(=O)c1cncc(NN)n1. The summed E-state index contributed by atoms with van der Waals surface area (Å²) in [5, 5.41) is 0. The Morgan fingerprint density at radius 2 is 2.29 bits per heavy atom. The van der Waals surface area contributed by atoms with Gasteiger partial charge in [-0.3, -0.25) is 9.78 Å². The van der Waals surface area contributed by atoms with Crippen LogP contribution in [0.25, 0.3) is 0 Å². The van der Waals surface area contributed by atoms with Crippen LogP contribution < -0.4 is 11.3 Å². The van der Waals surface area contributed by atoms with E-state index in [1.807, 2.05) is 6.92 Å². The topological polar surface area (TPSA) is 84.1 Å². The molecule has 1 rings (SSSR count). The molecule has 17 heavy (non-hydrogen) atoms. The minimum Gasteiger partial charge on any atom is -0.338 e. The molecule has 0 radical (unpaired) electrons. The zero-order valence-electron chi connectivity index (χ0n) is 10.5. The molecule has 94 valence electrons. The van der Waals surface area contributed by atoms with Crippen LogP contribution in [0.2, 0.25) is 0 Å². The highest BCUT2D eigenvalue weighted by atomic mass is 16.2. The summed E-state index contributed by atoms with van der Waals surface area (Å²) in [5.41, 5.74) is 2.67. The van der Waals surface area contributed by atoms with Crippen LogP contribution in [-0.2, 0) is 0 Å². The zero-order chi connectivity index (χ0) is 12.8. The molecule has 0 fully saturated rings. The molecule has 3 N–H and O–H groups in total. The van der Waals surface area contributed by atoms with Crippen LogP contribution in [0.3, 0.4) is 0 Å². The Bertz CT molecular complexity index is 382. The molecular formula is C11H19N5O. The van der Waals surface area contributed by atoms with Crippen molar-refractivity contribution in [2.45, 2.75) is 32.7 Å². The summed E-state index contributed by atoms with van der Waals surface area (Å²) < 4.78 is 0. The number of aromatic nitrogens is 2. The van der Waals surface area contributed by atoms with Gasteiger partial charge in [0.2, 0.25) is 0 Å². The molecule has 1 heterocycles. The summed E-state index contributed by atoms with van der Waals surface area (Å²) in [5.74, 6) is 5.46. The first-order chi connectivity index (χ1) is 8.10. The Morgan fingerprint density at radius 1 is 1.59 bits per heavy atom. The number of nitrogens with two attached hydrogens (primary N) is 1. The van der Waals surface area contributed by atoms with Gasteiger partial charge in [-0.25, -0.2) is 10.8 Å². The van der Waals surface area contributed by atoms with E-state index in [0.717, 1.165) is 12.8 Å². The lowest BCUT2D eigenvalue weighted by Crippen LogP contribution is -2.35. The second-order valence-corrected chi connectivity index (χ2v) is 3.99. The fourth-order valence-corrected chi connectivity index (χ4v) is 1.53. The van der Waals surface area contributed by atoms with E-state index in [1.165, 1.54) is 12.4 Å². The van der Waals surface area contributed by atoms with Crippen LogP contribution in [-0.4, -0.2) is 33.9 Å². The second-order valence-electron chi connectivity index (χ2n) is 3.99. The largest absolute Gasteiger partial charge is 0.338 e. The molecule has 1 unspecified atom stereocenters. The van der Waals surface area contributed by atoms with Crippen molar-refractivity contribution in [1.29, 1.82) is 0 Å². The first-order valence-electron chi connectivity index (χ1n) is 5.66. The van der Waals surface area contributed by atoms with E-state index in [4.69, 9.17) is 5.84 Å². The number of nitrogens with one attached hydrogen (secondary N) is 1. The summed E-state index contributed by atoms with van der Waals surface area (Å²) in [7, 11) is 1.77. The molecular weight excluding hydrogens is 218 g/mol. The Hall–Kier alpha value is -1.69. The molecule has 6 nitrogen and oxygen atoms in total. The van der Waals surface area contributed by atoms with Gasteiger partial charge in [-0.15, -0.1) is 0 Å². The van der Waals surface area contributed by atoms with E-state index in [9.17, 15) is 4.79 Å². The van der Waals surface area contributed by atoms with Gasteiger partial charge in [0.15, 0.2) is 5.82 Å². The van der Waals surface area contributed by atoms with Crippen LogP contribution in [0, 0.1) is 0 Å². The third-order valence-corrected chi connectivity index (χ3v) is 2.69. The second kappa shape index (κ2) is 6.15. The van der Waals surface area contributed by atoms with E-state index >= 15 is 0 Å². The van der Waals surface area contributed by atoms with Gasteiger partial charge >= 0.3 is 0 Å². The lowest BCUT2D eigenvalue weighted by Gasteiger charge is -2.24. The third-order valence-electron chi connectivity index (χ3n) is 2.69. The van der Waals surface area contributed by atoms with Crippen molar-refractivity contribution in [2.75, 3.05) is 12.5 Å². The van der Waals surface area contributed by atoms with Crippen LogP contribution in [0.4, 0.5) is 5.82 Å². The first-order valence-corrected chi connectivity index (χ1v) is 5.66. The van der Waals surface area contributed by atoms with Crippen LogP contribution >= 0.6 is 0 Å². The van der Waals surface area contributed by atoms with Gasteiger partial charge in [-0.1, -0.05) is 13.3 Å². The van der Waals surface area contributed by atoms with Gasteiger partial charge in [-0.05, 0) is 13.3 Å². The predicted molar refractivity (Wildman–Crippen MR) is 66.3 cm³/mol. The van der Waals surface area contributed by atoms with Gasteiger partial charge in [0.05, 0.1) is 12.4 Å². The zero-order valence-corrected chi connectivity index (χ0v) is 10.5. The molecule has 0 aliphatic heterocycles. The van der Waals surface area contributed by atoms with Gasteiger partial charge in [0.1, 0.15) is 5.69 Å². The first kappa shape index (κ1) is 13.4. The van der Waals surface area contributed by atoms with E-state index < -0.39 is 0 Å². The molecule has 1 amide bonds. The highest BCUT2D eigenvalue weighted by molar-refractivity contribution is 5.92. The number of hydrogen-bond donors (Lipinski definition) is 2. The average molecular weight is 237 g/mol. The number of nitrogen functional groups attached to an aromatic ring is 1. The smallest absolute Gasteiger partial charge is 0.274 e. The van der Waals surface area contributed by atoms with Gasteiger partial charge < -0.3 is 10.3 Å². The molecule has 0 aliphatic rings. The number of carbonyl (C=O) groups is 1. The predicted octanol–water partition coefficient (Wildman–Crippen LogP) is 1.02. The maximum Gasteiger partial charge on any atom is 0.274 e. The highest BCUT2D eigenvalue weighted by Gasteiger charge is 2.18. The summed E-state index contributed by atoms with van der Waals surface area (Å²) in [6.07, 6.45) is 4.91. The molecule has 0 saturated carbocycles. The quantitative estimate of drug-likeness (QED) is 0.590. The fourth-order valence-electron chi connectivity index (χ4n) is 1.53. The number of hydrogen-bond acceptors (Lipinski definition) is 5. The van der Waals surface area contributed by atoms with Crippen LogP contribution in [0.5, 0.6) is 0 Å². The average Bonchev–Trinajstić information content (AvgIpc) is 2.37. The number of carbonyl (C=O) groups excluding carboxylic acids is 1. The lowest BCUT2D eigenvalue weighted by molar-refractivity contribution is 0.0730. The lowest BCUT2D eigenvalue weighted by atomic mass is 10.1. The Labute approximate surface area is 101 Å². The molecule has 6 heteroatoms. The van der Waals surface area contributed by atoms with Crippen molar-refractivity contribution >= 4 is 11.7 Å². The van der Waals surface area contributed by atoms with E-state index in [2.05, 4.69) is 22.3 Å². The van der Waals surface area contributed by atoms with Crippen LogP contribution in [0.1, 0.15) is 37.2 Å². The Morgan fingerprint density at radius 3 is 2.88 bits per heavy atom. The van der Waals surface area contributed by atoms with Crippen molar-refractivity contribution in [3.63, 3.8) is 0 Å². The maximum atomic E-state index is 12.1. The number of nitrogens with zero attached hydrogens (tertiary/aromatic N) is 3. The highest BCUT2D eigenvalue weighted by Crippen LogP contribution is 2.09. The number of rotatable bonds is 5. The molecule has 0 spiro atoms. The monoisotopic (exact) mass is 237 g/mol. The van der Waals surface area contributed by atoms with Crippen molar-refractivity contribution in [3.8, 4) is 0 Å². The van der Waals surface area contributed by atoms with Crippen molar-refractivity contribution in [2.24, 2.45) is 5.84 Å². The van der Waals surface area contributed by atoms with E-state index in [-0.39, 0.29) is 11.9 Å². The number of anilines is 1. The molecule has 0 bridgehead atoms. The summed E-state index contributed by atoms with van der Waals surface area (Å²) in [4.78, 5) is 21.7. The standard InChI is InChI=1S/C11H19N5O/c1-4-5-8(2)16(3)11(17)9-6-13-7-10(14-9)15-12/h6-8H,4-5,12H2,1-3H3,(H,14,15). The summed E-state index contributed by atoms with van der Waals surface area (Å²) in [6, 6.07) is 0.184. The third kappa shape index (κ3) is 3.39. The molecule has 1 aromatic heterocycles. The van der Waals surface area contributed by atoms with Crippen molar-refractivity contribution in [1.82, 2.24) is 14.9 Å². The van der Waals surface area contributed by atoms with Gasteiger partial charge in [0.25, 0.3) is 5.91 Å². The van der Waals surface area contributed by atoms with Gasteiger partial charge in [-0.2, -0.15) is 0 Å². The van der Waals surface area contributed by atoms with E-state index in [0.29, 0.717) is 11.5 Å². The van der Waals surface area contributed by atoms with Crippen LogP contribution in [0.15, 0.2) is 12.4 Å². The van der Waals surface area contributed by atoms with Crippen molar-refractivity contribution < 1.29 is 4.79 Å². The van der Waals surface area contributed by atoms with E-state index in [1.54, 1.807) is 11.9 Å². The summed E-state index contributed by atoms with van der Waals surface area (Å²) >= 11 is 0. The number of amides is 1. The molecule has 0 aliphatic carbocycles. The normalized spacial score (nSPS) is 12.0. The molecule has 0 saturated heterocycles. The fraction of sp³-hybridized carbons (Fsp3) is 0.545. The molecule has 1 aromatic rings. The molecule has 0 aromatic carbocycles. The minimum absolute atomic E-state index is 0.143.